The zero-order valence-corrected chi connectivity index (χ0v) is 37.1. The van der Waals surface area contributed by atoms with Crippen LogP contribution in [0.5, 0.6) is 0 Å². The van der Waals surface area contributed by atoms with Crippen LogP contribution >= 0.6 is 0 Å². The molecule has 0 saturated heterocycles. The minimum Gasteiger partial charge on any atom is -0.356 e. The first-order valence-electron chi connectivity index (χ1n) is 22.5. The number of anilines is 10. The van der Waals surface area contributed by atoms with E-state index in [1.54, 1.807) is 0 Å². The molecule has 10 rings (SSSR count). The molecule has 4 heteroatoms. The summed E-state index contributed by atoms with van der Waals surface area (Å²) in [5.74, 6) is 0. The van der Waals surface area contributed by atoms with Crippen molar-refractivity contribution < 1.29 is 0 Å². The van der Waals surface area contributed by atoms with E-state index < -0.39 is 0 Å². The Bertz CT molecular complexity index is 3170. The molecule has 0 amide bonds. The van der Waals surface area contributed by atoms with E-state index in [2.05, 4.69) is 283 Å². The lowest BCUT2D eigenvalue weighted by Crippen LogP contribution is -2.10. The Kier molecular flexibility index (Phi) is 11.9. The lowest BCUT2D eigenvalue weighted by molar-refractivity contribution is 1.27. The third-order valence-electron chi connectivity index (χ3n) is 11.9. The van der Waals surface area contributed by atoms with Gasteiger partial charge < -0.3 is 20.4 Å². The maximum absolute atomic E-state index is 3.84. The molecule has 0 fully saturated rings. The van der Waals surface area contributed by atoms with Gasteiger partial charge >= 0.3 is 0 Å². The van der Waals surface area contributed by atoms with Crippen molar-refractivity contribution in [2.45, 2.75) is 13.8 Å². The van der Waals surface area contributed by atoms with Crippen LogP contribution in [0.1, 0.15) is 11.1 Å². The lowest BCUT2D eigenvalue weighted by Gasteiger charge is -2.27. The fourth-order valence-electron chi connectivity index (χ4n) is 8.78. The van der Waals surface area contributed by atoms with Gasteiger partial charge in [-0.3, -0.25) is 0 Å². The van der Waals surface area contributed by atoms with Crippen molar-refractivity contribution in [2.24, 2.45) is 0 Å². The highest BCUT2D eigenvalue weighted by atomic mass is 15.1. The van der Waals surface area contributed by atoms with Crippen molar-refractivity contribution in [1.82, 2.24) is 0 Å². The van der Waals surface area contributed by atoms with Crippen LogP contribution in [0.2, 0.25) is 0 Å². The van der Waals surface area contributed by atoms with Gasteiger partial charge in [-0.1, -0.05) is 140 Å². The predicted octanol–water partition coefficient (Wildman–Crippen LogP) is 17.7. The molecule has 318 valence electrons. The molecule has 2 N–H and O–H groups in total. The van der Waals surface area contributed by atoms with Crippen LogP contribution in [-0.4, -0.2) is 0 Å². The third kappa shape index (κ3) is 9.08. The summed E-state index contributed by atoms with van der Waals surface area (Å²) >= 11 is 0. The fourth-order valence-corrected chi connectivity index (χ4v) is 8.78. The van der Waals surface area contributed by atoms with E-state index in [0.717, 1.165) is 90.3 Å². The van der Waals surface area contributed by atoms with Crippen LogP contribution in [0.15, 0.2) is 255 Å². The summed E-state index contributed by atoms with van der Waals surface area (Å²) in [5.41, 5.74) is 19.9. The topological polar surface area (TPSA) is 30.5 Å². The van der Waals surface area contributed by atoms with Crippen LogP contribution in [0, 0.1) is 13.8 Å². The number of nitrogens with one attached hydrogen (secondary N) is 2. The van der Waals surface area contributed by atoms with Gasteiger partial charge in [-0.15, -0.1) is 0 Å². The molecule has 0 radical (unpaired) electrons. The van der Waals surface area contributed by atoms with Crippen LogP contribution in [0.3, 0.4) is 0 Å². The van der Waals surface area contributed by atoms with Crippen LogP contribution < -0.4 is 20.4 Å². The van der Waals surface area contributed by atoms with E-state index in [-0.39, 0.29) is 0 Å². The average molecular weight is 851 g/mol. The molecule has 10 aromatic rings. The summed E-state index contributed by atoms with van der Waals surface area (Å²) in [6.45, 7) is 4.29. The van der Waals surface area contributed by atoms with Crippen molar-refractivity contribution in [3.8, 4) is 33.4 Å². The number of aryl methyl sites for hydroxylation is 2. The third-order valence-corrected chi connectivity index (χ3v) is 11.9. The molecule has 0 atom stereocenters. The molecule has 0 saturated carbocycles. The summed E-state index contributed by atoms with van der Waals surface area (Å²) < 4.78 is 0. The SMILES string of the molecule is Cc1cccc(N(c2ccccc2)c2ccc(-c3c(Nc4ccccc4)ccc(-c4ccc(Nc5ccccc5)cc4)c3-c3ccc(N(c4ccccc4)c4cccc(C)c4)cc3)cc2)c1. The molecule has 4 nitrogen and oxygen atoms in total. The van der Waals surface area contributed by atoms with Gasteiger partial charge in [0.15, 0.2) is 0 Å². The summed E-state index contributed by atoms with van der Waals surface area (Å²) in [4.78, 5) is 4.66. The highest BCUT2D eigenvalue weighted by molar-refractivity contribution is 6.02. The van der Waals surface area contributed by atoms with Crippen LogP contribution in [0.25, 0.3) is 33.4 Å². The largest absolute Gasteiger partial charge is 0.356 e. The molecule has 0 aliphatic rings. The fraction of sp³-hybridized carbons (Fsp3) is 0.0323. The second-order valence-electron chi connectivity index (χ2n) is 16.6. The quantitative estimate of drug-likeness (QED) is 0.121. The Balaban J connectivity index is 1.15. The van der Waals surface area contributed by atoms with E-state index >= 15 is 0 Å². The predicted molar refractivity (Wildman–Crippen MR) is 281 cm³/mol. The summed E-state index contributed by atoms with van der Waals surface area (Å²) in [5, 5.41) is 7.41. The maximum Gasteiger partial charge on any atom is 0.0470 e. The summed E-state index contributed by atoms with van der Waals surface area (Å²) in [6, 6.07) is 90.8. The first kappa shape index (κ1) is 41.4. The van der Waals surface area contributed by atoms with Crippen LogP contribution in [0.4, 0.5) is 56.9 Å². The molecule has 0 aliphatic carbocycles. The monoisotopic (exact) mass is 850 g/mol. The first-order chi connectivity index (χ1) is 32.5. The molecule has 0 bridgehead atoms. The van der Waals surface area contributed by atoms with Gasteiger partial charge in [-0.05, 0) is 168 Å². The van der Waals surface area contributed by atoms with E-state index in [1.165, 1.54) is 11.1 Å². The number of hydrogen-bond acceptors (Lipinski definition) is 4. The molecule has 0 heterocycles. The second-order valence-corrected chi connectivity index (χ2v) is 16.6. The minimum atomic E-state index is 1.02. The molecular weight excluding hydrogens is 801 g/mol. The Morgan fingerprint density at radius 1 is 0.273 bits per heavy atom. The maximum atomic E-state index is 3.84. The molecule has 66 heavy (non-hydrogen) atoms. The molecular formula is C62H50N4. The number of benzene rings is 10. The lowest BCUT2D eigenvalue weighted by atomic mass is 9.86. The Labute approximate surface area is 388 Å². The number of nitrogens with zero attached hydrogens (tertiary/aromatic N) is 2. The van der Waals surface area contributed by atoms with Crippen molar-refractivity contribution in [2.75, 3.05) is 20.4 Å². The smallest absolute Gasteiger partial charge is 0.0470 e. The van der Waals surface area contributed by atoms with E-state index in [4.69, 9.17) is 0 Å². The van der Waals surface area contributed by atoms with Gasteiger partial charge in [0.2, 0.25) is 0 Å². The molecule has 10 aromatic carbocycles. The van der Waals surface area contributed by atoms with E-state index in [0.29, 0.717) is 0 Å². The minimum absolute atomic E-state index is 1.02. The standard InChI is InChI=1S/C62H50N4/c1-45-17-15-27-57(43-45)65(53-23-11-5-12-24-53)55-37-31-48(32-38-55)61-59(47-29-35-52(36-30-47)63-50-19-7-3-8-20-50)41-42-60(64-51-21-9-4-10-22-51)62(61)49-33-39-56(40-34-49)66(54-25-13-6-14-26-54)58-28-16-18-46(2)44-58/h3-44,63-64H,1-2H3. The molecule has 0 aromatic heterocycles. The average Bonchev–Trinajstić information content (AvgIpc) is 3.36. The van der Waals surface area contributed by atoms with E-state index in [1.807, 2.05) is 6.07 Å². The normalized spacial score (nSPS) is 10.9. The van der Waals surface area contributed by atoms with Gasteiger partial charge in [0, 0.05) is 62.4 Å². The highest BCUT2D eigenvalue weighted by Crippen LogP contribution is 2.47. The Morgan fingerprint density at radius 3 is 1.12 bits per heavy atom. The Hall–Kier alpha value is -8.60. The van der Waals surface area contributed by atoms with Gasteiger partial charge in [0.1, 0.15) is 0 Å². The highest BCUT2D eigenvalue weighted by Gasteiger charge is 2.21. The van der Waals surface area contributed by atoms with Crippen molar-refractivity contribution in [3.05, 3.63) is 266 Å². The van der Waals surface area contributed by atoms with Crippen LogP contribution in [-0.2, 0) is 0 Å². The summed E-state index contributed by atoms with van der Waals surface area (Å²) in [7, 11) is 0. The van der Waals surface area contributed by atoms with Gasteiger partial charge in [0.05, 0.1) is 0 Å². The first-order valence-corrected chi connectivity index (χ1v) is 22.5. The van der Waals surface area contributed by atoms with Gasteiger partial charge in [-0.25, -0.2) is 0 Å². The zero-order valence-electron chi connectivity index (χ0n) is 37.1. The number of rotatable bonds is 13. The van der Waals surface area contributed by atoms with Gasteiger partial charge in [-0.2, -0.15) is 0 Å². The van der Waals surface area contributed by atoms with Crippen molar-refractivity contribution in [3.63, 3.8) is 0 Å². The summed E-state index contributed by atoms with van der Waals surface area (Å²) in [6.07, 6.45) is 0. The number of para-hydroxylation sites is 4. The second kappa shape index (κ2) is 19.0. The molecule has 0 spiro atoms. The zero-order chi connectivity index (χ0) is 44.7. The number of hydrogen-bond donors (Lipinski definition) is 2. The Morgan fingerprint density at radius 2 is 0.652 bits per heavy atom. The van der Waals surface area contributed by atoms with Gasteiger partial charge in [0.25, 0.3) is 0 Å². The van der Waals surface area contributed by atoms with E-state index in [9.17, 15) is 0 Å². The molecule has 0 unspecified atom stereocenters. The van der Waals surface area contributed by atoms with Crippen molar-refractivity contribution >= 4 is 56.9 Å². The molecule has 0 aliphatic heterocycles. The van der Waals surface area contributed by atoms with Crippen molar-refractivity contribution in [1.29, 1.82) is 0 Å².